The molecule has 1 aromatic rings. The van der Waals surface area contributed by atoms with E-state index in [4.69, 9.17) is 0 Å². The Kier molecular flexibility index (Phi) is 6.84. The zero-order valence-corrected chi connectivity index (χ0v) is 15.4. The largest absolute Gasteiger partial charge is 0.357 e. The first-order chi connectivity index (χ1) is 11.5. The van der Waals surface area contributed by atoms with E-state index < -0.39 is 0 Å². The molecule has 1 aromatic heterocycles. The van der Waals surface area contributed by atoms with E-state index in [2.05, 4.69) is 51.3 Å². The maximum atomic E-state index is 11.9. The molecule has 0 spiro atoms. The third-order valence-corrected chi connectivity index (χ3v) is 4.81. The molecule has 2 rings (SSSR count). The average molecular weight is 350 g/mol. The third-order valence-electron chi connectivity index (χ3n) is 3.51. The Hall–Kier alpha value is -1.83. The number of thioether (sulfide) groups is 1. The van der Waals surface area contributed by atoms with Crippen LogP contribution >= 0.6 is 11.8 Å². The van der Waals surface area contributed by atoms with Crippen LogP contribution in [0.2, 0.25) is 0 Å². The summed E-state index contributed by atoms with van der Waals surface area (Å²) < 4.78 is 0.231. The van der Waals surface area contributed by atoms with Crippen LogP contribution in [0.4, 0.5) is 0 Å². The molecule has 24 heavy (non-hydrogen) atoms. The molecule has 2 N–H and O–H groups in total. The van der Waals surface area contributed by atoms with Gasteiger partial charge in [-0.3, -0.25) is 14.8 Å². The van der Waals surface area contributed by atoms with E-state index in [-0.39, 0.29) is 10.7 Å². The molecule has 0 bridgehead atoms. The minimum atomic E-state index is -0.223. The molecule has 2 heterocycles. The number of aromatic nitrogens is 2. The first-order valence-electron chi connectivity index (χ1n) is 8.23. The molecule has 0 unspecified atom stereocenters. The Morgan fingerprint density at radius 2 is 2.25 bits per heavy atom. The van der Waals surface area contributed by atoms with Crippen molar-refractivity contribution in [1.82, 2.24) is 25.5 Å². The minimum Gasteiger partial charge on any atom is -0.357 e. The van der Waals surface area contributed by atoms with Gasteiger partial charge in [0.1, 0.15) is 5.69 Å². The normalized spacial score (nSPS) is 17.5. The highest BCUT2D eigenvalue weighted by atomic mass is 32.2. The van der Waals surface area contributed by atoms with Crippen LogP contribution in [-0.4, -0.2) is 70.0 Å². The average Bonchev–Trinajstić information content (AvgIpc) is 2.57. The summed E-state index contributed by atoms with van der Waals surface area (Å²) in [6, 6.07) is 0. The number of rotatable bonds is 5. The molecule has 0 aromatic carbocycles. The van der Waals surface area contributed by atoms with Gasteiger partial charge in [0, 0.05) is 49.1 Å². The number of carbonyl (C=O) groups is 1. The van der Waals surface area contributed by atoms with Crippen molar-refractivity contribution in [1.29, 1.82) is 0 Å². The highest BCUT2D eigenvalue weighted by molar-refractivity contribution is 8.00. The van der Waals surface area contributed by atoms with Crippen LogP contribution in [0.3, 0.4) is 0 Å². The monoisotopic (exact) mass is 350 g/mol. The van der Waals surface area contributed by atoms with E-state index in [0.717, 1.165) is 31.3 Å². The summed E-state index contributed by atoms with van der Waals surface area (Å²) in [5.41, 5.74) is 0.322. The lowest BCUT2D eigenvalue weighted by Crippen LogP contribution is -2.51. The van der Waals surface area contributed by atoms with Gasteiger partial charge in [0.25, 0.3) is 5.91 Å². The van der Waals surface area contributed by atoms with Crippen LogP contribution in [-0.2, 0) is 0 Å². The maximum absolute atomic E-state index is 11.9. The molecule has 132 valence electrons. The van der Waals surface area contributed by atoms with E-state index in [1.807, 2.05) is 11.8 Å². The second kappa shape index (κ2) is 8.86. The predicted octanol–water partition coefficient (Wildman–Crippen LogP) is 0.999. The standard InChI is InChI=1S/C16H26N6OS/c1-4-18-15(22-9-10-24-16(2,3)12-22)21-8-7-20-14(23)13-11-17-5-6-19-13/h5-6,11H,4,7-10,12H2,1-3H3,(H,18,21)(H,20,23). The highest BCUT2D eigenvalue weighted by Gasteiger charge is 2.28. The molecule has 0 atom stereocenters. The fourth-order valence-electron chi connectivity index (χ4n) is 2.46. The summed E-state index contributed by atoms with van der Waals surface area (Å²) in [4.78, 5) is 26.7. The topological polar surface area (TPSA) is 82.5 Å². The maximum Gasteiger partial charge on any atom is 0.271 e. The Morgan fingerprint density at radius 1 is 1.42 bits per heavy atom. The van der Waals surface area contributed by atoms with Crippen molar-refractivity contribution in [3.63, 3.8) is 0 Å². The van der Waals surface area contributed by atoms with Gasteiger partial charge in [-0.2, -0.15) is 11.8 Å². The van der Waals surface area contributed by atoms with Crippen molar-refractivity contribution in [3.05, 3.63) is 24.3 Å². The summed E-state index contributed by atoms with van der Waals surface area (Å²) >= 11 is 2.00. The molecule has 1 aliphatic heterocycles. The van der Waals surface area contributed by atoms with Gasteiger partial charge < -0.3 is 15.5 Å². The number of amides is 1. The minimum absolute atomic E-state index is 0.223. The number of hydrogen-bond donors (Lipinski definition) is 2. The number of nitrogens with one attached hydrogen (secondary N) is 2. The lowest BCUT2D eigenvalue weighted by atomic mass is 10.2. The van der Waals surface area contributed by atoms with E-state index in [0.29, 0.717) is 18.8 Å². The highest BCUT2D eigenvalue weighted by Crippen LogP contribution is 2.29. The van der Waals surface area contributed by atoms with Crippen molar-refractivity contribution >= 4 is 23.6 Å². The van der Waals surface area contributed by atoms with E-state index in [1.54, 1.807) is 6.20 Å². The zero-order chi connectivity index (χ0) is 17.4. The first-order valence-corrected chi connectivity index (χ1v) is 9.22. The van der Waals surface area contributed by atoms with Crippen LogP contribution in [0, 0.1) is 0 Å². The van der Waals surface area contributed by atoms with Crippen molar-refractivity contribution in [2.75, 3.05) is 38.5 Å². The molecule has 0 aliphatic carbocycles. The molecule has 8 heteroatoms. The third kappa shape index (κ3) is 5.67. The van der Waals surface area contributed by atoms with Crippen LogP contribution < -0.4 is 10.6 Å². The predicted molar refractivity (Wildman–Crippen MR) is 98.5 cm³/mol. The Bertz CT molecular complexity index is 563. The lowest BCUT2D eigenvalue weighted by molar-refractivity contribution is 0.0949. The second-order valence-electron chi connectivity index (χ2n) is 6.11. The van der Waals surface area contributed by atoms with Gasteiger partial charge in [-0.05, 0) is 20.8 Å². The van der Waals surface area contributed by atoms with Crippen LogP contribution in [0.5, 0.6) is 0 Å². The lowest BCUT2D eigenvalue weighted by Gasteiger charge is -2.39. The number of hydrogen-bond acceptors (Lipinski definition) is 5. The molecule has 1 fully saturated rings. The van der Waals surface area contributed by atoms with E-state index in [9.17, 15) is 4.79 Å². The van der Waals surface area contributed by atoms with E-state index >= 15 is 0 Å². The Morgan fingerprint density at radius 3 is 2.92 bits per heavy atom. The van der Waals surface area contributed by atoms with Gasteiger partial charge in [0.15, 0.2) is 5.96 Å². The SMILES string of the molecule is CCNC(=NCCNC(=O)c1cnccn1)N1CCSC(C)(C)C1. The molecule has 7 nitrogen and oxygen atoms in total. The number of guanidine groups is 1. The molecule has 1 aliphatic rings. The fraction of sp³-hybridized carbons (Fsp3) is 0.625. The van der Waals surface area contributed by atoms with Crippen LogP contribution in [0.15, 0.2) is 23.6 Å². The second-order valence-corrected chi connectivity index (χ2v) is 7.91. The zero-order valence-electron chi connectivity index (χ0n) is 14.6. The summed E-state index contributed by atoms with van der Waals surface area (Å²) in [5, 5.41) is 6.16. The molecular weight excluding hydrogens is 324 g/mol. The van der Waals surface area contributed by atoms with Gasteiger partial charge in [0.05, 0.1) is 12.7 Å². The molecular formula is C16H26N6OS. The molecule has 0 saturated carbocycles. The van der Waals surface area contributed by atoms with Crippen molar-refractivity contribution < 1.29 is 4.79 Å². The fourth-order valence-corrected chi connectivity index (χ4v) is 3.57. The quantitative estimate of drug-likeness (QED) is 0.468. The van der Waals surface area contributed by atoms with Gasteiger partial charge in [-0.25, -0.2) is 4.98 Å². The number of carbonyl (C=O) groups excluding carboxylic acids is 1. The summed E-state index contributed by atoms with van der Waals surface area (Å²) in [6.07, 6.45) is 4.50. The van der Waals surface area contributed by atoms with Gasteiger partial charge in [0.2, 0.25) is 0 Å². The summed E-state index contributed by atoms with van der Waals surface area (Å²) in [5.74, 6) is 1.79. The number of nitrogens with zero attached hydrogens (tertiary/aromatic N) is 4. The van der Waals surface area contributed by atoms with Gasteiger partial charge >= 0.3 is 0 Å². The number of aliphatic imine (C=N–C) groups is 1. The van der Waals surface area contributed by atoms with Crippen molar-refractivity contribution in [2.24, 2.45) is 4.99 Å². The van der Waals surface area contributed by atoms with Gasteiger partial charge in [-0.15, -0.1) is 0 Å². The van der Waals surface area contributed by atoms with Crippen LogP contribution in [0.1, 0.15) is 31.3 Å². The van der Waals surface area contributed by atoms with Crippen LogP contribution in [0.25, 0.3) is 0 Å². The van der Waals surface area contributed by atoms with Crippen molar-refractivity contribution in [2.45, 2.75) is 25.5 Å². The first kappa shape index (κ1) is 18.5. The van der Waals surface area contributed by atoms with E-state index in [1.165, 1.54) is 12.4 Å². The van der Waals surface area contributed by atoms with Crippen molar-refractivity contribution in [3.8, 4) is 0 Å². The molecule has 1 amide bonds. The molecule has 1 saturated heterocycles. The summed E-state index contributed by atoms with van der Waals surface area (Å²) in [7, 11) is 0. The summed E-state index contributed by atoms with van der Waals surface area (Å²) in [6.45, 7) is 10.4. The van der Waals surface area contributed by atoms with Gasteiger partial charge in [-0.1, -0.05) is 0 Å². The molecule has 0 radical (unpaired) electrons. The Labute approximate surface area is 147 Å². The Balaban J connectivity index is 1.86. The smallest absolute Gasteiger partial charge is 0.271 e.